The molecule has 1 aliphatic heterocycles. The number of unbranched alkanes of at least 4 members (excludes halogenated alkanes) is 1. The number of ether oxygens (including phenoxy) is 1. The summed E-state index contributed by atoms with van der Waals surface area (Å²) in [4.78, 5) is 0. The van der Waals surface area contributed by atoms with Crippen molar-refractivity contribution >= 4 is 0 Å². The molecule has 2 nitrogen and oxygen atoms in total. The minimum Gasteiger partial charge on any atom is -0.490 e. The van der Waals surface area contributed by atoms with E-state index < -0.39 is 0 Å². The number of aryl methyl sites for hydroxylation is 1. The summed E-state index contributed by atoms with van der Waals surface area (Å²) in [5.74, 6) is 2.12. The molecule has 1 unspecified atom stereocenters. The van der Waals surface area contributed by atoms with Gasteiger partial charge in [-0.25, -0.2) is 0 Å². The van der Waals surface area contributed by atoms with Crippen molar-refractivity contribution in [3.05, 3.63) is 65.2 Å². The fourth-order valence-electron chi connectivity index (χ4n) is 4.04. The molecule has 0 amide bonds. The lowest BCUT2D eigenvalue weighted by Gasteiger charge is -2.10. The maximum Gasteiger partial charge on any atom is 0.123 e. The van der Waals surface area contributed by atoms with Crippen molar-refractivity contribution in [1.82, 2.24) is 0 Å². The van der Waals surface area contributed by atoms with Gasteiger partial charge in [0.1, 0.15) is 11.9 Å². The van der Waals surface area contributed by atoms with Crippen LogP contribution in [0.25, 0.3) is 0 Å². The van der Waals surface area contributed by atoms with Crippen molar-refractivity contribution < 1.29 is 9.84 Å². The van der Waals surface area contributed by atoms with Crippen LogP contribution in [0.3, 0.4) is 0 Å². The van der Waals surface area contributed by atoms with Gasteiger partial charge in [-0.1, -0.05) is 42.5 Å². The van der Waals surface area contributed by atoms with Crippen LogP contribution >= 0.6 is 0 Å². The minimum atomic E-state index is 0.318. The highest BCUT2D eigenvalue weighted by Gasteiger charge is 2.40. The van der Waals surface area contributed by atoms with E-state index in [0.29, 0.717) is 24.5 Å². The van der Waals surface area contributed by atoms with Gasteiger partial charge in [-0.05, 0) is 61.1 Å². The van der Waals surface area contributed by atoms with Crippen LogP contribution in [-0.4, -0.2) is 17.8 Å². The Labute approximate surface area is 144 Å². The van der Waals surface area contributed by atoms with Gasteiger partial charge in [0.2, 0.25) is 0 Å². The highest BCUT2D eigenvalue weighted by Crippen LogP contribution is 2.50. The molecule has 2 aromatic carbocycles. The van der Waals surface area contributed by atoms with E-state index in [1.807, 2.05) is 0 Å². The highest BCUT2D eigenvalue weighted by molar-refractivity contribution is 5.47. The van der Waals surface area contributed by atoms with Crippen molar-refractivity contribution in [3.63, 3.8) is 0 Å². The van der Waals surface area contributed by atoms with E-state index >= 15 is 0 Å². The molecule has 2 heteroatoms. The molecule has 24 heavy (non-hydrogen) atoms. The van der Waals surface area contributed by atoms with Gasteiger partial charge in [-0.2, -0.15) is 0 Å². The SMILES string of the molecule is OC[C@@H]1CC1c1cccc2c1C[C@@H](CCCCc1ccccc1)O2. The van der Waals surface area contributed by atoms with Crippen molar-refractivity contribution in [1.29, 1.82) is 0 Å². The van der Waals surface area contributed by atoms with E-state index in [4.69, 9.17) is 4.74 Å². The van der Waals surface area contributed by atoms with E-state index in [1.165, 1.54) is 29.5 Å². The molecule has 1 heterocycles. The summed E-state index contributed by atoms with van der Waals surface area (Å²) in [6, 6.07) is 17.2. The van der Waals surface area contributed by atoms with Gasteiger partial charge >= 0.3 is 0 Å². The van der Waals surface area contributed by atoms with Crippen molar-refractivity contribution in [2.75, 3.05) is 6.61 Å². The lowest BCUT2D eigenvalue weighted by Crippen LogP contribution is -2.12. The zero-order valence-corrected chi connectivity index (χ0v) is 14.2. The Kier molecular flexibility index (Phi) is 4.57. The fraction of sp³-hybridized carbons (Fsp3) is 0.455. The number of fused-ring (bicyclic) bond motifs is 1. The molecule has 4 rings (SSSR count). The molecule has 2 aliphatic rings. The van der Waals surface area contributed by atoms with Crippen LogP contribution in [0.4, 0.5) is 0 Å². The molecule has 2 aromatic rings. The molecule has 1 N–H and O–H groups in total. The van der Waals surface area contributed by atoms with Gasteiger partial charge in [-0.15, -0.1) is 0 Å². The minimum absolute atomic E-state index is 0.318. The van der Waals surface area contributed by atoms with Crippen LogP contribution in [0.5, 0.6) is 5.75 Å². The van der Waals surface area contributed by atoms with Crippen LogP contribution in [0.1, 0.15) is 48.3 Å². The monoisotopic (exact) mass is 322 g/mol. The smallest absolute Gasteiger partial charge is 0.123 e. The first-order valence-electron chi connectivity index (χ1n) is 9.28. The van der Waals surface area contributed by atoms with Crippen LogP contribution < -0.4 is 4.74 Å². The van der Waals surface area contributed by atoms with Gasteiger partial charge in [0.25, 0.3) is 0 Å². The Morgan fingerprint density at radius 2 is 1.88 bits per heavy atom. The zero-order valence-electron chi connectivity index (χ0n) is 14.2. The predicted octanol–water partition coefficient (Wildman–Crippen LogP) is 4.50. The Hall–Kier alpha value is -1.80. The van der Waals surface area contributed by atoms with E-state index in [1.54, 1.807) is 0 Å². The first-order valence-corrected chi connectivity index (χ1v) is 9.28. The summed E-state index contributed by atoms with van der Waals surface area (Å²) in [6.07, 6.45) is 7.25. The first-order chi connectivity index (χ1) is 11.8. The lowest BCUT2D eigenvalue weighted by atomic mass is 9.96. The molecular weight excluding hydrogens is 296 g/mol. The van der Waals surface area contributed by atoms with E-state index in [-0.39, 0.29) is 0 Å². The van der Waals surface area contributed by atoms with Crippen LogP contribution in [0.15, 0.2) is 48.5 Å². The number of hydrogen-bond acceptors (Lipinski definition) is 2. The molecule has 0 bridgehead atoms. The van der Waals surface area contributed by atoms with Crippen molar-refractivity contribution in [2.24, 2.45) is 5.92 Å². The number of aliphatic hydroxyl groups is 1. The number of aliphatic hydroxyl groups excluding tert-OH is 1. The Morgan fingerprint density at radius 1 is 1.00 bits per heavy atom. The average Bonchev–Trinajstić information content (AvgIpc) is 3.29. The van der Waals surface area contributed by atoms with Gasteiger partial charge in [0, 0.05) is 18.6 Å². The average molecular weight is 322 g/mol. The van der Waals surface area contributed by atoms with Gasteiger partial charge in [-0.3, -0.25) is 0 Å². The maximum atomic E-state index is 9.34. The summed E-state index contributed by atoms with van der Waals surface area (Å²) >= 11 is 0. The summed E-state index contributed by atoms with van der Waals surface area (Å²) in [5.41, 5.74) is 4.27. The fourth-order valence-corrected chi connectivity index (χ4v) is 4.04. The van der Waals surface area contributed by atoms with E-state index in [9.17, 15) is 5.11 Å². The summed E-state index contributed by atoms with van der Waals surface area (Å²) in [7, 11) is 0. The standard InChI is InChI=1S/C22H26O2/c23-15-17-13-20(17)19-11-6-12-22-21(19)14-18(24-22)10-5-4-9-16-7-2-1-3-8-16/h1-3,6-8,11-12,17-18,20,23H,4-5,9-10,13-15H2/t17-,18+,20?/m0/s1. The van der Waals surface area contributed by atoms with Crippen LogP contribution in [0, 0.1) is 5.92 Å². The van der Waals surface area contributed by atoms with Crippen molar-refractivity contribution in [3.8, 4) is 5.75 Å². The molecule has 0 saturated heterocycles. The quantitative estimate of drug-likeness (QED) is 0.761. The number of benzene rings is 2. The molecule has 126 valence electrons. The van der Waals surface area contributed by atoms with E-state index in [0.717, 1.165) is 31.4 Å². The molecular formula is C22H26O2. The molecule has 3 atom stereocenters. The topological polar surface area (TPSA) is 29.5 Å². The molecule has 1 fully saturated rings. The second-order valence-corrected chi connectivity index (χ2v) is 7.28. The Bertz CT molecular complexity index is 680. The van der Waals surface area contributed by atoms with Crippen LogP contribution in [-0.2, 0) is 12.8 Å². The van der Waals surface area contributed by atoms with E-state index in [2.05, 4.69) is 48.5 Å². The third-order valence-electron chi connectivity index (χ3n) is 5.54. The van der Waals surface area contributed by atoms with Crippen LogP contribution in [0.2, 0.25) is 0 Å². The summed E-state index contributed by atoms with van der Waals surface area (Å²) in [5, 5.41) is 9.34. The summed E-state index contributed by atoms with van der Waals surface area (Å²) in [6.45, 7) is 0.318. The first kappa shape index (κ1) is 15.7. The highest BCUT2D eigenvalue weighted by atomic mass is 16.5. The molecule has 0 radical (unpaired) electrons. The Balaban J connectivity index is 1.29. The predicted molar refractivity (Wildman–Crippen MR) is 96.5 cm³/mol. The molecule has 1 saturated carbocycles. The maximum absolute atomic E-state index is 9.34. The number of hydrogen-bond donors (Lipinski definition) is 1. The second kappa shape index (κ2) is 6.98. The second-order valence-electron chi connectivity index (χ2n) is 7.28. The van der Waals surface area contributed by atoms with Gasteiger partial charge < -0.3 is 9.84 Å². The Morgan fingerprint density at radius 3 is 2.67 bits per heavy atom. The van der Waals surface area contributed by atoms with Gasteiger partial charge in [0.05, 0.1) is 0 Å². The zero-order chi connectivity index (χ0) is 16.4. The summed E-state index contributed by atoms with van der Waals surface area (Å²) < 4.78 is 6.18. The lowest BCUT2D eigenvalue weighted by molar-refractivity contribution is 0.217. The third-order valence-corrected chi connectivity index (χ3v) is 5.54. The van der Waals surface area contributed by atoms with Gasteiger partial charge in [0.15, 0.2) is 0 Å². The molecule has 0 spiro atoms. The number of rotatable bonds is 7. The largest absolute Gasteiger partial charge is 0.490 e. The molecule has 0 aromatic heterocycles. The van der Waals surface area contributed by atoms with Crippen molar-refractivity contribution in [2.45, 2.75) is 50.5 Å². The normalized spacial score (nSPS) is 24.5. The third kappa shape index (κ3) is 3.34. The molecule has 1 aliphatic carbocycles.